The lowest BCUT2D eigenvalue weighted by atomic mass is 9.92. The molecule has 0 saturated heterocycles. The summed E-state index contributed by atoms with van der Waals surface area (Å²) in [6.07, 6.45) is 2.89. The molecule has 4 atom stereocenters. The molecule has 0 bridgehead atoms. The van der Waals surface area contributed by atoms with Crippen LogP contribution in [0.4, 0.5) is 0 Å². The standard InChI is InChI=1S/C17H19NOS/c1-10-18-12(9-20-10)8-15(19)17-14-7-6-11-4-2-3-5-13(11)16(14)17/h2-5,9,14-17,19H,6-8H2,1H3. The number of aryl methyl sites for hydroxylation is 2. The summed E-state index contributed by atoms with van der Waals surface area (Å²) in [7, 11) is 0. The Bertz CT molecular complexity index is 635. The van der Waals surface area contributed by atoms with Gasteiger partial charge in [0.15, 0.2) is 0 Å². The second kappa shape index (κ2) is 4.68. The zero-order valence-electron chi connectivity index (χ0n) is 11.6. The van der Waals surface area contributed by atoms with Gasteiger partial charge in [0.1, 0.15) is 0 Å². The van der Waals surface area contributed by atoms with E-state index in [1.807, 2.05) is 6.92 Å². The van der Waals surface area contributed by atoms with E-state index in [0.29, 0.717) is 24.2 Å². The lowest BCUT2D eigenvalue weighted by Crippen LogP contribution is -2.15. The number of thiazole rings is 1. The van der Waals surface area contributed by atoms with E-state index in [4.69, 9.17) is 0 Å². The number of nitrogens with zero attached hydrogens (tertiary/aromatic N) is 1. The Morgan fingerprint density at radius 1 is 1.40 bits per heavy atom. The van der Waals surface area contributed by atoms with Crippen molar-refractivity contribution in [3.63, 3.8) is 0 Å². The summed E-state index contributed by atoms with van der Waals surface area (Å²) in [6, 6.07) is 8.76. The molecule has 2 aromatic rings. The van der Waals surface area contributed by atoms with Gasteiger partial charge >= 0.3 is 0 Å². The Labute approximate surface area is 123 Å². The number of benzene rings is 1. The molecule has 1 saturated carbocycles. The lowest BCUT2D eigenvalue weighted by Gasteiger charge is -2.13. The van der Waals surface area contributed by atoms with E-state index in [0.717, 1.165) is 10.7 Å². The molecule has 1 N–H and O–H groups in total. The van der Waals surface area contributed by atoms with Gasteiger partial charge in [-0.3, -0.25) is 0 Å². The molecular weight excluding hydrogens is 266 g/mol. The summed E-state index contributed by atoms with van der Waals surface area (Å²) in [5.41, 5.74) is 4.03. The molecule has 4 rings (SSSR count). The van der Waals surface area contributed by atoms with Crippen molar-refractivity contribution >= 4 is 11.3 Å². The number of fused-ring (bicyclic) bond motifs is 3. The number of hydrogen-bond acceptors (Lipinski definition) is 3. The Balaban J connectivity index is 1.52. The summed E-state index contributed by atoms with van der Waals surface area (Å²) in [5.74, 6) is 1.73. The smallest absolute Gasteiger partial charge is 0.0897 e. The van der Waals surface area contributed by atoms with Crippen LogP contribution in [-0.2, 0) is 12.8 Å². The molecule has 104 valence electrons. The third-order valence-electron chi connectivity index (χ3n) is 4.92. The molecule has 2 nitrogen and oxygen atoms in total. The van der Waals surface area contributed by atoms with Crippen molar-refractivity contribution in [1.29, 1.82) is 0 Å². The van der Waals surface area contributed by atoms with Gasteiger partial charge in [-0.25, -0.2) is 4.98 Å². The largest absolute Gasteiger partial charge is 0.392 e. The van der Waals surface area contributed by atoms with E-state index in [-0.39, 0.29) is 6.10 Å². The van der Waals surface area contributed by atoms with E-state index in [1.54, 1.807) is 11.3 Å². The maximum Gasteiger partial charge on any atom is 0.0897 e. The van der Waals surface area contributed by atoms with Crippen molar-refractivity contribution in [2.75, 3.05) is 0 Å². The molecule has 2 aliphatic carbocycles. The van der Waals surface area contributed by atoms with Gasteiger partial charge in [-0.1, -0.05) is 24.3 Å². The van der Waals surface area contributed by atoms with E-state index in [9.17, 15) is 5.11 Å². The second-order valence-electron chi connectivity index (χ2n) is 6.13. The molecule has 4 unspecified atom stereocenters. The fourth-order valence-corrected chi connectivity index (χ4v) is 4.62. The highest BCUT2D eigenvalue weighted by Gasteiger charge is 2.55. The van der Waals surface area contributed by atoms with Gasteiger partial charge in [0, 0.05) is 11.8 Å². The monoisotopic (exact) mass is 285 g/mol. The van der Waals surface area contributed by atoms with Crippen LogP contribution in [-0.4, -0.2) is 16.2 Å². The van der Waals surface area contributed by atoms with Gasteiger partial charge in [-0.2, -0.15) is 0 Å². The molecule has 1 heterocycles. The summed E-state index contributed by atoms with van der Waals surface area (Å²) >= 11 is 1.67. The van der Waals surface area contributed by atoms with Crippen LogP contribution in [0, 0.1) is 18.8 Å². The number of aromatic nitrogens is 1. The minimum Gasteiger partial charge on any atom is -0.392 e. The van der Waals surface area contributed by atoms with Crippen molar-refractivity contribution in [2.24, 2.45) is 11.8 Å². The first-order valence-electron chi connectivity index (χ1n) is 7.41. The fourth-order valence-electron chi connectivity index (χ4n) is 4.00. The average molecular weight is 285 g/mol. The molecular formula is C17H19NOS. The van der Waals surface area contributed by atoms with Gasteiger partial charge in [0.25, 0.3) is 0 Å². The first-order chi connectivity index (χ1) is 9.74. The topological polar surface area (TPSA) is 33.1 Å². The van der Waals surface area contributed by atoms with Crippen molar-refractivity contribution < 1.29 is 5.11 Å². The molecule has 1 aromatic carbocycles. The highest BCUT2D eigenvalue weighted by atomic mass is 32.1. The maximum absolute atomic E-state index is 10.6. The van der Waals surface area contributed by atoms with Crippen LogP contribution in [0.3, 0.4) is 0 Å². The van der Waals surface area contributed by atoms with Gasteiger partial charge in [-0.05, 0) is 48.6 Å². The molecule has 1 aromatic heterocycles. The van der Waals surface area contributed by atoms with Crippen LogP contribution in [0.1, 0.15) is 34.2 Å². The van der Waals surface area contributed by atoms with Crippen molar-refractivity contribution in [3.8, 4) is 0 Å². The summed E-state index contributed by atoms with van der Waals surface area (Å²) in [4.78, 5) is 4.48. The number of aliphatic hydroxyl groups excluding tert-OH is 1. The van der Waals surface area contributed by atoms with Crippen LogP contribution in [0.25, 0.3) is 0 Å². The molecule has 0 radical (unpaired) electrons. The quantitative estimate of drug-likeness (QED) is 0.938. The molecule has 0 aliphatic heterocycles. The Morgan fingerprint density at radius 2 is 2.25 bits per heavy atom. The number of rotatable bonds is 3. The predicted octanol–water partition coefficient (Wildman–Crippen LogP) is 3.33. The molecule has 2 aliphatic rings. The van der Waals surface area contributed by atoms with Crippen LogP contribution in [0.15, 0.2) is 29.6 Å². The average Bonchev–Trinajstić information content (AvgIpc) is 3.08. The van der Waals surface area contributed by atoms with Crippen LogP contribution < -0.4 is 0 Å². The first-order valence-corrected chi connectivity index (χ1v) is 8.29. The van der Waals surface area contributed by atoms with Gasteiger partial charge in [-0.15, -0.1) is 11.3 Å². The first kappa shape index (κ1) is 12.5. The number of hydrogen-bond donors (Lipinski definition) is 1. The normalized spacial score (nSPS) is 28.6. The maximum atomic E-state index is 10.6. The van der Waals surface area contributed by atoms with Gasteiger partial charge in [0.2, 0.25) is 0 Å². The van der Waals surface area contributed by atoms with E-state index < -0.39 is 0 Å². The zero-order chi connectivity index (χ0) is 13.7. The minimum atomic E-state index is -0.238. The van der Waals surface area contributed by atoms with Crippen LogP contribution in [0.2, 0.25) is 0 Å². The van der Waals surface area contributed by atoms with Crippen molar-refractivity contribution in [3.05, 3.63) is 51.5 Å². The van der Waals surface area contributed by atoms with Gasteiger partial charge in [0.05, 0.1) is 16.8 Å². The molecule has 1 fully saturated rings. The zero-order valence-corrected chi connectivity index (χ0v) is 12.4. The van der Waals surface area contributed by atoms with Crippen LogP contribution in [0.5, 0.6) is 0 Å². The Hall–Kier alpha value is -1.19. The van der Waals surface area contributed by atoms with E-state index in [1.165, 1.54) is 24.0 Å². The fraction of sp³-hybridized carbons (Fsp3) is 0.471. The Morgan fingerprint density at radius 3 is 3.05 bits per heavy atom. The highest BCUT2D eigenvalue weighted by molar-refractivity contribution is 7.09. The second-order valence-corrected chi connectivity index (χ2v) is 7.20. The van der Waals surface area contributed by atoms with E-state index >= 15 is 0 Å². The van der Waals surface area contributed by atoms with Crippen molar-refractivity contribution in [1.82, 2.24) is 4.98 Å². The molecule has 0 spiro atoms. The predicted molar refractivity (Wildman–Crippen MR) is 81.0 cm³/mol. The molecule has 20 heavy (non-hydrogen) atoms. The van der Waals surface area contributed by atoms with Crippen molar-refractivity contribution in [2.45, 2.75) is 38.2 Å². The minimum absolute atomic E-state index is 0.238. The third kappa shape index (κ3) is 2.00. The SMILES string of the molecule is Cc1nc(CC(O)C2C3CCc4ccccc4C32)cs1. The summed E-state index contributed by atoms with van der Waals surface area (Å²) in [6.45, 7) is 2.02. The van der Waals surface area contributed by atoms with Crippen LogP contribution >= 0.6 is 11.3 Å². The highest BCUT2D eigenvalue weighted by Crippen LogP contribution is 2.61. The number of aliphatic hydroxyl groups is 1. The molecule has 3 heteroatoms. The Kier molecular flexibility index (Phi) is 2.93. The summed E-state index contributed by atoms with van der Waals surface area (Å²) < 4.78 is 0. The van der Waals surface area contributed by atoms with Gasteiger partial charge < -0.3 is 5.11 Å². The summed E-state index contributed by atoms with van der Waals surface area (Å²) in [5, 5.41) is 13.7. The molecule has 0 amide bonds. The third-order valence-corrected chi connectivity index (χ3v) is 5.74. The lowest BCUT2D eigenvalue weighted by molar-refractivity contribution is 0.142. The van der Waals surface area contributed by atoms with E-state index in [2.05, 4.69) is 34.6 Å².